The highest BCUT2D eigenvalue weighted by Gasteiger charge is 2.19. The summed E-state index contributed by atoms with van der Waals surface area (Å²) < 4.78 is 5.35. The number of benzene rings is 3. The summed E-state index contributed by atoms with van der Waals surface area (Å²) in [4.78, 5) is 27.9. The van der Waals surface area contributed by atoms with Gasteiger partial charge in [-0.15, -0.1) is 0 Å². The number of carbonyl (C=O) groups is 2. The smallest absolute Gasteiger partial charge is 0.306 e. The van der Waals surface area contributed by atoms with Crippen LogP contribution in [0.1, 0.15) is 18.9 Å². The number of esters is 1. The molecule has 4 aromatic rings. The molecule has 0 radical (unpaired) electrons. The van der Waals surface area contributed by atoms with Crippen molar-refractivity contribution in [2.24, 2.45) is 0 Å². The number of aryl methyl sites for hydroxylation is 1. The molecule has 0 saturated carbocycles. The van der Waals surface area contributed by atoms with E-state index in [1.54, 1.807) is 6.92 Å². The molecule has 0 fully saturated rings. The van der Waals surface area contributed by atoms with Crippen LogP contribution in [-0.4, -0.2) is 23.0 Å². The van der Waals surface area contributed by atoms with E-state index < -0.39 is 12.1 Å². The number of carbonyl (C=O) groups excluding carboxylic acids is 2. The Bertz CT molecular complexity index is 1170. The van der Waals surface area contributed by atoms with E-state index in [-0.39, 0.29) is 12.3 Å². The number of aromatic amines is 1. The molecule has 3 aromatic carbocycles. The number of H-pyrrole nitrogens is 1. The topological polar surface area (TPSA) is 71.2 Å². The fraction of sp³-hybridized carbons (Fsp3) is 0.167. The molecular weight excluding hydrogens is 364 g/mol. The van der Waals surface area contributed by atoms with E-state index in [0.29, 0.717) is 12.1 Å². The number of aromatic nitrogens is 1. The molecule has 5 heteroatoms. The second-order valence-electron chi connectivity index (χ2n) is 7.01. The molecule has 0 aliphatic heterocycles. The summed E-state index contributed by atoms with van der Waals surface area (Å²) in [6, 6.07) is 21.5. The third-order valence-corrected chi connectivity index (χ3v) is 5.00. The second kappa shape index (κ2) is 8.19. The first-order chi connectivity index (χ1) is 14.1. The van der Waals surface area contributed by atoms with Crippen LogP contribution in [0, 0.1) is 0 Å². The van der Waals surface area contributed by atoms with Crippen LogP contribution in [0.4, 0.5) is 5.69 Å². The lowest BCUT2D eigenvalue weighted by atomic mass is 10.1. The SMILES string of the molecule is C[C@H](OC(=O)CCc1c[nH]c2ccccc12)C(=O)Nc1cccc2ccccc12. The van der Waals surface area contributed by atoms with Crippen LogP contribution < -0.4 is 5.32 Å². The van der Waals surface area contributed by atoms with Gasteiger partial charge in [-0.05, 0) is 36.4 Å². The summed E-state index contributed by atoms with van der Waals surface area (Å²) in [5.41, 5.74) is 2.80. The van der Waals surface area contributed by atoms with Gasteiger partial charge in [0.2, 0.25) is 0 Å². The van der Waals surface area contributed by atoms with E-state index in [9.17, 15) is 9.59 Å². The number of ether oxygens (including phenoxy) is 1. The Hall–Kier alpha value is -3.60. The van der Waals surface area contributed by atoms with Crippen LogP contribution in [0.2, 0.25) is 0 Å². The van der Waals surface area contributed by atoms with Crippen LogP contribution in [0.15, 0.2) is 72.9 Å². The average Bonchev–Trinajstić information content (AvgIpc) is 3.15. The van der Waals surface area contributed by atoms with Crippen LogP contribution in [0.5, 0.6) is 0 Å². The van der Waals surface area contributed by atoms with E-state index in [0.717, 1.165) is 27.2 Å². The molecule has 2 N–H and O–H groups in total. The number of amides is 1. The maximum atomic E-state index is 12.5. The molecule has 0 spiro atoms. The summed E-state index contributed by atoms with van der Waals surface area (Å²) in [6.45, 7) is 1.59. The first-order valence-electron chi connectivity index (χ1n) is 9.65. The first-order valence-corrected chi connectivity index (χ1v) is 9.65. The minimum absolute atomic E-state index is 0.216. The molecule has 1 amide bonds. The highest BCUT2D eigenvalue weighted by molar-refractivity contribution is 6.03. The Morgan fingerprint density at radius 3 is 2.55 bits per heavy atom. The zero-order valence-corrected chi connectivity index (χ0v) is 16.1. The lowest BCUT2D eigenvalue weighted by Gasteiger charge is -2.14. The maximum Gasteiger partial charge on any atom is 0.306 e. The molecule has 5 nitrogen and oxygen atoms in total. The van der Waals surface area contributed by atoms with Gasteiger partial charge in [-0.1, -0.05) is 54.6 Å². The van der Waals surface area contributed by atoms with Crippen LogP contribution in [0.3, 0.4) is 0 Å². The Balaban J connectivity index is 1.35. The Labute approximate surface area is 168 Å². The van der Waals surface area contributed by atoms with Gasteiger partial charge in [-0.3, -0.25) is 9.59 Å². The summed E-state index contributed by atoms with van der Waals surface area (Å²) in [6.07, 6.45) is 1.81. The highest BCUT2D eigenvalue weighted by Crippen LogP contribution is 2.23. The normalized spacial score (nSPS) is 12.0. The van der Waals surface area contributed by atoms with Crippen LogP contribution >= 0.6 is 0 Å². The van der Waals surface area contributed by atoms with Gasteiger partial charge < -0.3 is 15.0 Å². The number of nitrogens with one attached hydrogen (secondary N) is 2. The van der Waals surface area contributed by atoms with E-state index in [4.69, 9.17) is 4.74 Å². The van der Waals surface area contributed by atoms with Crippen molar-refractivity contribution in [3.63, 3.8) is 0 Å². The average molecular weight is 386 g/mol. The zero-order valence-electron chi connectivity index (χ0n) is 16.1. The van der Waals surface area contributed by atoms with Crippen molar-refractivity contribution in [3.05, 3.63) is 78.5 Å². The molecule has 0 aliphatic rings. The number of para-hydroxylation sites is 1. The van der Waals surface area contributed by atoms with Gasteiger partial charge in [0, 0.05) is 34.6 Å². The minimum Gasteiger partial charge on any atom is -0.453 e. The number of rotatable bonds is 6. The molecule has 1 heterocycles. The predicted octanol–water partition coefficient (Wildman–Crippen LogP) is 4.82. The van der Waals surface area contributed by atoms with Crippen molar-refractivity contribution in [3.8, 4) is 0 Å². The Kier molecular flexibility index (Phi) is 5.29. The highest BCUT2D eigenvalue weighted by atomic mass is 16.5. The van der Waals surface area contributed by atoms with Gasteiger partial charge in [0.25, 0.3) is 5.91 Å². The molecule has 0 unspecified atom stereocenters. The number of hydrogen-bond acceptors (Lipinski definition) is 3. The third-order valence-electron chi connectivity index (χ3n) is 5.00. The molecule has 1 aromatic heterocycles. The lowest BCUT2D eigenvalue weighted by Crippen LogP contribution is -2.30. The van der Waals surface area contributed by atoms with E-state index in [2.05, 4.69) is 10.3 Å². The fourth-order valence-corrected chi connectivity index (χ4v) is 3.45. The Morgan fingerprint density at radius 1 is 0.966 bits per heavy atom. The quantitative estimate of drug-likeness (QED) is 0.467. The molecule has 0 bridgehead atoms. The van der Waals surface area contributed by atoms with Crippen LogP contribution in [0.25, 0.3) is 21.7 Å². The van der Waals surface area contributed by atoms with Gasteiger partial charge >= 0.3 is 5.97 Å². The maximum absolute atomic E-state index is 12.5. The molecule has 4 rings (SSSR count). The van der Waals surface area contributed by atoms with Gasteiger partial charge in [-0.25, -0.2) is 0 Å². The fourth-order valence-electron chi connectivity index (χ4n) is 3.45. The molecule has 29 heavy (non-hydrogen) atoms. The van der Waals surface area contributed by atoms with Crippen molar-refractivity contribution in [2.45, 2.75) is 25.9 Å². The van der Waals surface area contributed by atoms with E-state index >= 15 is 0 Å². The second-order valence-corrected chi connectivity index (χ2v) is 7.01. The summed E-state index contributed by atoms with van der Waals surface area (Å²) in [7, 11) is 0. The van der Waals surface area contributed by atoms with Crippen molar-refractivity contribution in [2.75, 3.05) is 5.32 Å². The molecule has 146 valence electrons. The summed E-state index contributed by atoms with van der Waals surface area (Å²) >= 11 is 0. The molecule has 1 atom stereocenters. The molecular formula is C24H22N2O3. The predicted molar refractivity (Wildman–Crippen MR) is 115 cm³/mol. The van der Waals surface area contributed by atoms with E-state index in [1.165, 1.54) is 0 Å². The monoisotopic (exact) mass is 386 g/mol. The van der Waals surface area contributed by atoms with Crippen molar-refractivity contribution in [1.82, 2.24) is 4.98 Å². The van der Waals surface area contributed by atoms with Crippen LogP contribution in [-0.2, 0) is 20.7 Å². The molecule has 0 aliphatic carbocycles. The third kappa shape index (κ3) is 4.14. The lowest BCUT2D eigenvalue weighted by molar-refractivity contribution is -0.153. The standard InChI is InChI=1S/C24H22N2O3/c1-16(24(28)26-22-12-6-8-17-7-2-3-9-19(17)22)29-23(27)14-13-18-15-25-21-11-5-4-10-20(18)21/h2-12,15-16,25H,13-14H2,1H3,(H,26,28)/t16-/m0/s1. The number of anilines is 1. The summed E-state index contributed by atoms with van der Waals surface area (Å²) in [5.74, 6) is -0.738. The van der Waals surface area contributed by atoms with Gasteiger partial charge in [0.15, 0.2) is 6.10 Å². The van der Waals surface area contributed by atoms with Gasteiger partial charge in [0.1, 0.15) is 0 Å². The summed E-state index contributed by atoms with van der Waals surface area (Å²) in [5, 5.41) is 5.94. The van der Waals surface area contributed by atoms with Gasteiger partial charge in [-0.2, -0.15) is 0 Å². The first kappa shape index (κ1) is 18.7. The van der Waals surface area contributed by atoms with E-state index in [1.807, 2.05) is 72.9 Å². The minimum atomic E-state index is -0.871. The zero-order chi connectivity index (χ0) is 20.2. The van der Waals surface area contributed by atoms with Crippen molar-refractivity contribution >= 4 is 39.2 Å². The number of hydrogen-bond donors (Lipinski definition) is 2. The Morgan fingerprint density at radius 2 is 1.69 bits per heavy atom. The van der Waals surface area contributed by atoms with Crippen molar-refractivity contribution < 1.29 is 14.3 Å². The van der Waals surface area contributed by atoms with Gasteiger partial charge in [0.05, 0.1) is 0 Å². The largest absolute Gasteiger partial charge is 0.453 e. The van der Waals surface area contributed by atoms with Crippen molar-refractivity contribution in [1.29, 1.82) is 0 Å². The molecule has 0 saturated heterocycles. The number of fused-ring (bicyclic) bond motifs is 2.